The van der Waals surface area contributed by atoms with Gasteiger partial charge in [0.15, 0.2) is 0 Å². The van der Waals surface area contributed by atoms with Gasteiger partial charge in [0.25, 0.3) is 5.91 Å². The summed E-state index contributed by atoms with van der Waals surface area (Å²) >= 11 is 2.14. The minimum absolute atomic E-state index is 0.222. The molecule has 0 bridgehead atoms. The van der Waals surface area contributed by atoms with E-state index in [-0.39, 0.29) is 5.91 Å². The first-order valence-corrected chi connectivity index (χ1v) is 6.61. The normalized spacial score (nSPS) is 9.95. The highest BCUT2D eigenvalue weighted by atomic mass is 127. The Morgan fingerprint density at radius 1 is 1.00 bits per heavy atom. The second kappa shape index (κ2) is 5.83. The Morgan fingerprint density at radius 2 is 1.68 bits per heavy atom. The molecular weight excluding hydrogens is 355 g/mol. The molecule has 0 atom stereocenters. The van der Waals surface area contributed by atoms with Crippen LogP contribution in [0.15, 0.2) is 48.5 Å². The summed E-state index contributed by atoms with van der Waals surface area (Å²) in [7, 11) is 0. The standard InChI is InChI=1S/C14H11IN2O2/c15-11-5-1-4-10(7-11)14(19)17-12-6-2-3-9(8-12)13(16)18/h1-8H,(H2,16,18)(H,17,19). The van der Waals surface area contributed by atoms with Gasteiger partial charge in [0, 0.05) is 20.4 Å². The van der Waals surface area contributed by atoms with E-state index in [0.717, 1.165) is 3.57 Å². The summed E-state index contributed by atoms with van der Waals surface area (Å²) in [5.41, 5.74) is 6.66. The highest BCUT2D eigenvalue weighted by molar-refractivity contribution is 14.1. The van der Waals surface area contributed by atoms with Crippen molar-refractivity contribution < 1.29 is 9.59 Å². The zero-order valence-corrected chi connectivity index (χ0v) is 12.0. The van der Waals surface area contributed by atoms with Crippen LogP contribution in [0.2, 0.25) is 0 Å². The van der Waals surface area contributed by atoms with Gasteiger partial charge < -0.3 is 11.1 Å². The van der Waals surface area contributed by atoms with Crippen molar-refractivity contribution in [3.8, 4) is 0 Å². The Balaban J connectivity index is 2.19. The average Bonchev–Trinajstić information content (AvgIpc) is 2.39. The smallest absolute Gasteiger partial charge is 0.255 e. The third-order valence-electron chi connectivity index (χ3n) is 2.49. The third kappa shape index (κ3) is 3.54. The van der Waals surface area contributed by atoms with Crippen LogP contribution in [0.25, 0.3) is 0 Å². The van der Waals surface area contributed by atoms with Crippen LogP contribution in [0.3, 0.4) is 0 Å². The van der Waals surface area contributed by atoms with Crippen molar-refractivity contribution in [1.82, 2.24) is 0 Å². The summed E-state index contributed by atoms with van der Waals surface area (Å²) in [6.07, 6.45) is 0. The molecule has 0 saturated heterocycles. The molecule has 2 aromatic carbocycles. The van der Waals surface area contributed by atoms with E-state index in [0.29, 0.717) is 16.8 Å². The van der Waals surface area contributed by atoms with Gasteiger partial charge in [-0.2, -0.15) is 0 Å². The van der Waals surface area contributed by atoms with Gasteiger partial charge in [-0.3, -0.25) is 9.59 Å². The van der Waals surface area contributed by atoms with Gasteiger partial charge in [-0.1, -0.05) is 12.1 Å². The summed E-state index contributed by atoms with van der Waals surface area (Å²) in [4.78, 5) is 23.1. The summed E-state index contributed by atoms with van der Waals surface area (Å²) in [5.74, 6) is -0.745. The lowest BCUT2D eigenvalue weighted by Gasteiger charge is -2.06. The number of carbonyl (C=O) groups is 2. The Labute approximate surface area is 124 Å². The van der Waals surface area contributed by atoms with Crippen LogP contribution in [0, 0.1) is 3.57 Å². The lowest BCUT2D eigenvalue weighted by molar-refractivity contribution is 0.0996. The minimum Gasteiger partial charge on any atom is -0.366 e. The maximum Gasteiger partial charge on any atom is 0.255 e. The molecule has 4 nitrogen and oxygen atoms in total. The van der Waals surface area contributed by atoms with E-state index < -0.39 is 5.91 Å². The first-order chi connectivity index (χ1) is 9.06. The molecular formula is C14H11IN2O2. The fourth-order valence-corrected chi connectivity index (χ4v) is 2.13. The summed E-state index contributed by atoms with van der Waals surface area (Å²) in [5, 5.41) is 2.73. The largest absolute Gasteiger partial charge is 0.366 e. The maximum atomic E-state index is 12.0. The molecule has 0 radical (unpaired) electrons. The predicted octanol–water partition coefficient (Wildman–Crippen LogP) is 2.64. The molecule has 0 aliphatic carbocycles. The first-order valence-electron chi connectivity index (χ1n) is 5.53. The number of hydrogen-bond acceptors (Lipinski definition) is 2. The van der Waals surface area contributed by atoms with E-state index in [4.69, 9.17) is 5.73 Å². The number of benzene rings is 2. The molecule has 0 heterocycles. The monoisotopic (exact) mass is 366 g/mol. The average molecular weight is 366 g/mol. The number of anilines is 1. The maximum absolute atomic E-state index is 12.0. The molecule has 2 rings (SSSR count). The highest BCUT2D eigenvalue weighted by Crippen LogP contribution is 2.13. The zero-order valence-electron chi connectivity index (χ0n) is 9.89. The molecule has 5 heteroatoms. The number of amides is 2. The van der Waals surface area contributed by atoms with E-state index in [1.807, 2.05) is 12.1 Å². The molecule has 2 amide bonds. The molecule has 0 saturated carbocycles. The van der Waals surface area contributed by atoms with Crippen LogP contribution in [0.5, 0.6) is 0 Å². The fraction of sp³-hybridized carbons (Fsp3) is 0. The zero-order chi connectivity index (χ0) is 13.8. The Kier molecular flexibility index (Phi) is 4.16. The molecule has 2 aromatic rings. The van der Waals surface area contributed by atoms with Crippen LogP contribution in [-0.4, -0.2) is 11.8 Å². The van der Waals surface area contributed by atoms with E-state index in [2.05, 4.69) is 27.9 Å². The number of carbonyl (C=O) groups excluding carboxylic acids is 2. The van der Waals surface area contributed by atoms with E-state index in [1.165, 1.54) is 0 Å². The summed E-state index contributed by atoms with van der Waals surface area (Å²) < 4.78 is 0.983. The van der Waals surface area contributed by atoms with Crippen molar-refractivity contribution in [3.05, 3.63) is 63.2 Å². The lowest BCUT2D eigenvalue weighted by Crippen LogP contribution is -2.14. The number of rotatable bonds is 3. The molecule has 19 heavy (non-hydrogen) atoms. The lowest BCUT2D eigenvalue weighted by atomic mass is 10.1. The van der Waals surface area contributed by atoms with E-state index in [9.17, 15) is 9.59 Å². The molecule has 0 aliphatic rings. The molecule has 96 valence electrons. The topological polar surface area (TPSA) is 72.2 Å². The van der Waals surface area contributed by atoms with Gasteiger partial charge >= 0.3 is 0 Å². The second-order valence-electron chi connectivity index (χ2n) is 3.91. The number of hydrogen-bond donors (Lipinski definition) is 2. The molecule has 3 N–H and O–H groups in total. The van der Waals surface area contributed by atoms with Crippen LogP contribution < -0.4 is 11.1 Å². The van der Waals surface area contributed by atoms with Crippen molar-refractivity contribution in [3.63, 3.8) is 0 Å². The molecule has 0 spiro atoms. The van der Waals surface area contributed by atoms with Crippen LogP contribution in [-0.2, 0) is 0 Å². The molecule has 0 fully saturated rings. The number of nitrogens with one attached hydrogen (secondary N) is 1. The van der Waals surface area contributed by atoms with Gasteiger partial charge in [-0.15, -0.1) is 0 Å². The van der Waals surface area contributed by atoms with Crippen LogP contribution in [0.4, 0.5) is 5.69 Å². The van der Waals surface area contributed by atoms with Crippen molar-refractivity contribution >= 4 is 40.1 Å². The van der Waals surface area contributed by atoms with Crippen molar-refractivity contribution in [1.29, 1.82) is 0 Å². The third-order valence-corrected chi connectivity index (χ3v) is 3.16. The fourth-order valence-electron chi connectivity index (χ4n) is 1.58. The summed E-state index contributed by atoms with van der Waals surface area (Å²) in [6, 6.07) is 13.8. The Hall–Kier alpha value is -1.89. The first kappa shape index (κ1) is 13.5. The SMILES string of the molecule is NC(=O)c1cccc(NC(=O)c2cccc(I)c2)c1. The van der Waals surface area contributed by atoms with Gasteiger partial charge in [0.2, 0.25) is 5.91 Å². The van der Waals surface area contributed by atoms with Crippen molar-refractivity contribution in [2.24, 2.45) is 5.73 Å². The van der Waals surface area contributed by atoms with Gasteiger partial charge in [-0.05, 0) is 59.0 Å². The minimum atomic E-state index is -0.523. The van der Waals surface area contributed by atoms with Crippen molar-refractivity contribution in [2.75, 3.05) is 5.32 Å². The molecule has 0 aromatic heterocycles. The second-order valence-corrected chi connectivity index (χ2v) is 5.16. The van der Waals surface area contributed by atoms with Gasteiger partial charge in [-0.25, -0.2) is 0 Å². The van der Waals surface area contributed by atoms with E-state index >= 15 is 0 Å². The Bertz CT molecular complexity index is 641. The quantitative estimate of drug-likeness (QED) is 0.820. The molecule has 0 unspecified atom stereocenters. The van der Waals surface area contributed by atoms with E-state index in [1.54, 1.807) is 36.4 Å². The number of nitrogens with two attached hydrogens (primary N) is 1. The summed E-state index contributed by atoms with van der Waals surface area (Å²) in [6.45, 7) is 0. The highest BCUT2D eigenvalue weighted by Gasteiger charge is 2.07. The Morgan fingerprint density at radius 3 is 2.37 bits per heavy atom. The van der Waals surface area contributed by atoms with Crippen molar-refractivity contribution in [2.45, 2.75) is 0 Å². The predicted molar refractivity (Wildman–Crippen MR) is 82.1 cm³/mol. The van der Waals surface area contributed by atoms with Gasteiger partial charge in [0.05, 0.1) is 0 Å². The van der Waals surface area contributed by atoms with Crippen LogP contribution in [0.1, 0.15) is 20.7 Å². The molecule has 0 aliphatic heterocycles. The number of halogens is 1. The van der Waals surface area contributed by atoms with Crippen LogP contribution >= 0.6 is 22.6 Å². The van der Waals surface area contributed by atoms with Gasteiger partial charge in [0.1, 0.15) is 0 Å². The number of primary amides is 1.